The summed E-state index contributed by atoms with van der Waals surface area (Å²) in [6.07, 6.45) is 6.04. The van der Waals surface area contributed by atoms with Crippen LogP contribution in [0.2, 0.25) is 0 Å². The third-order valence-electron chi connectivity index (χ3n) is 5.96. The van der Waals surface area contributed by atoms with Crippen molar-refractivity contribution in [1.82, 2.24) is 19.7 Å². The number of hydrogen-bond donors (Lipinski definition) is 2. The van der Waals surface area contributed by atoms with Gasteiger partial charge in [0.2, 0.25) is 0 Å². The maximum atomic E-state index is 12.4. The Kier molecular flexibility index (Phi) is 5.31. The van der Waals surface area contributed by atoms with Gasteiger partial charge in [-0.3, -0.25) is 9.20 Å². The second kappa shape index (κ2) is 8.76. The van der Waals surface area contributed by atoms with Gasteiger partial charge in [-0.05, 0) is 47.4 Å². The molecule has 6 rings (SSSR count). The molecule has 0 radical (unpaired) electrons. The number of carbonyl (C=O) groups is 1. The van der Waals surface area contributed by atoms with Crippen LogP contribution in [0.15, 0.2) is 83.8 Å². The Hall–Kier alpha value is -3.97. The first-order valence-corrected chi connectivity index (χ1v) is 12.3. The Morgan fingerprint density at radius 3 is 2.59 bits per heavy atom. The normalized spacial score (nSPS) is 13.2. The lowest BCUT2D eigenvalue weighted by molar-refractivity contribution is 0.0951. The largest absolute Gasteiger partial charge is 0.363 e. The average Bonchev–Trinajstić information content (AvgIpc) is 3.35. The van der Waals surface area contributed by atoms with Gasteiger partial charge in [0.1, 0.15) is 0 Å². The number of carbonyl (C=O) groups excluding carboxylic acids is 1. The molecular weight excluding hydrogens is 442 g/mol. The standard InChI is InChI=1S/C27H23N5OS/c33-27(30-22-10-11-22)21-8-6-20(7-9-21)24-15-29-26-25(28-14-18-12-13-34-17-18)31-23(16-32(24)26)19-4-2-1-3-5-19/h1-9,12-13,15-17,22H,10-11,14H2,(H,28,31)(H,30,33). The molecule has 34 heavy (non-hydrogen) atoms. The van der Waals surface area contributed by atoms with Gasteiger partial charge in [-0.25, -0.2) is 9.97 Å². The quantitative estimate of drug-likeness (QED) is 0.327. The highest BCUT2D eigenvalue weighted by Gasteiger charge is 2.23. The van der Waals surface area contributed by atoms with Crippen molar-refractivity contribution in [3.63, 3.8) is 0 Å². The van der Waals surface area contributed by atoms with Crippen LogP contribution >= 0.6 is 11.3 Å². The minimum absolute atomic E-state index is 0.0114. The van der Waals surface area contributed by atoms with E-state index in [0.717, 1.165) is 46.8 Å². The summed E-state index contributed by atoms with van der Waals surface area (Å²) < 4.78 is 2.07. The number of nitrogens with one attached hydrogen (secondary N) is 2. The van der Waals surface area contributed by atoms with E-state index in [2.05, 4.69) is 44.0 Å². The first-order valence-electron chi connectivity index (χ1n) is 11.3. The summed E-state index contributed by atoms with van der Waals surface area (Å²) in [6, 6.07) is 20.3. The van der Waals surface area contributed by atoms with E-state index in [-0.39, 0.29) is 5.91 Å². The number of rotatable bonds is 7. The average molecular weight is 466 g/mol. The van der Waals surface area contributed by atoms with E-state index in [1.54, 1.807) is 11.3 Å². The van der Waals surface area contributed by atoms with Crippen LogP contribution in [0.5, 0.6) is 0 Å². The van der Waals surface area contributed by atoms with E-state index >= 15 is 0 Å². The molecule has 6 nitrogen and oxygen atoms in total. The zero-order chi connectivity index (χ0) is 22.9. The third kappa shape index (κ3) is 4.18. The van der Waals surface area contributed by atoms with Crippen LogP contribution in [-0.2, 0) is 6.54 Å². The molecule has 2 aromatic carbocycles. The van der Waals surface area contributed by atoms with Gasteiger partial charge in [0.15, 0.2) is 11.5 Å². The summed E-state index contributed by atoms with van der Waals surface area (Å²) in [5.41, 5.74) is 6.48. The van der Waals surface area contributed by atoms with Crippen molar-refractivity contribution in [1.29, 1.82) is 0 Å². The molecule has 168 valence electrons. The highest BCUT2D eigenvalue weighted by molar-refractivity contribution is 7.07. The van der Waals surface area contributed by atoms with E-state index < -0.39 is 0 Å². The maximum Gasteiger partial charge on any atom is 0.251 e. The Balaban J connectivity index is 1.38. The SMILES string of the molecule is O=C(NC1CC1)c1ccc(-c2cnc3c(NCc4ccsc4)nc(-c4ccccc4)cn23)cc1. The number of amides is 1. The Morgan fingerprint density at radius 2 is 1.85 bits per heavy atom. The smallest absolute Gasteiger partial charge is 0.251 e. The summed E-state index contributed by atoms with van der Waals surface area (Å²) in [5.74, 6) is 0.724. The van der Waals surface area contributed by atoms with Crippen molar-refractivity contribution in [2.45, 2.75) is 25.4 Å². The van der Waals surface area contributed by atoms with Gasteiger partial charge in [-0.15, -0.1) is 0 Å². The minimum Gasteiger partial charge on any atom is -0.363 e. The van der Waals surface area contributed by atoms with E-state index in [0.29, 0.717) is 18.2 Å². The number of thiophene rings is 1. The fraction of sp³-hybridized carbons (Fsp3) is 0.148. The van der Waals surface area contributed by atoms with Crippen LogP contribution in [0, 0.1) is 0 Å². The molecular formula is C27H23N5OS. The summed E-state index contributed by atoms with van der Waals surface area (Å²) >= 11 is 1.68. The lowest BCUT2D eigenvalue weighted by Gasteiger charge is -2.11. The zero-order valence-electron chi connectivity index (χ0n) is 18.4. The summed E-state index contributed by atoms with van der Waals surface area (Å²) in [5, 5.41) is 10.7. The van der Waals surface area contributed by atoms with Crippen molar-refractivity contribution in [2.24, 2.45) is 0 Å². The van der Waals surface area contributed by atoms with Gasteiger partial charge in [0.25, 0.3) is 5.91 Å². The number of imidazole rings is 1. The molecule has 3 heterocycles. The van der Waals surface area contributed by atoms with Crippen molar-refractivity contribution < 1.29 is 4.79 Å². The molecule has 7 heteroatoms. The van der Waals surface area contributed by atoms with Crippen LogP contribution < -0.4 is 10.6 Å². The highest BCUT2D eigenvalue weighted by atomic mass is 32.1. The fourth-order valence-corrected chi connectivity index (χ4v) is 4.60. The minimum atomic E-state index is -0.0114. The number of nitrogens with zero attached hydrogens (tertiary/aromatic N) is 3. The Bertz CT molecular complexity index is 1440. The fourth-order valence-electron chi connectivity index (χ4n) is 3.94. The molecule has 2 N–H and O–H groups in total. The molecule has 5 aromatic rings. The highest BCUT2D eigenvalue weighted by Crippen LogP contribution is 2.28. The van der Waals surface area contributed by atoms with Crippen LogP contribution in [-0.4, -0.2) is 26.3 Å². The zero-order valence-corrected chi connectivity index (χ0v) is 19.3. The van der Waals surface area contributed by atoms with Crippen molar-refractivity contribution in [3.05, 3.63) is 94.9 Å². The van der Waals surface area contributed by atoms with Gasteiger partial charge in [-0.2, -0.15) is 11.3 Å². The predicted octanol–water partition coefficient (Wildman–Crippen LogP) is 5.63. The van der Waals surface area contributed by atoms with E-state index in [9.17, 15) is 4.79 Å². The van der Waals surface area contributed by atoms with Crippen molar-refractivity contribution in [2.75, 3.05) is 5.32 Å². The number of aromatic nitrogens is 3. The maximum absolute atomic E-state index is 12.4. The van der Waals surface area contributed by atoms with Gasteiger partial charge >= 0.3 is 0 Å². The molecule has 3 aromatic heterocycles. The van der Waals surface area contributed by atoms with Crippen molar-refractivity contribution in [3.8, 4) is 22.5 Å². The molecule has 0 spiro atoms. The Morgan fingerprint density at radius 1 is 1.03 bits per heavy atom. The molecule has 1 aliphatic carbocycles. The van der Waals surface area contributed by atoms with Crippen LogP contribution in [0.1, 0.15) is 28.8 Å². The summed E-state index contributed by atoms with van der Waals surface area (Å²) in [6.45, 7) is 0.678. The lowest BCUT2D eigenvalue weighted by atomic mass is 10.1. The molecule has 1 saturated carbocycles. The van der Waals surface area contributed by atoms with Gasteiger partial charge in [-0.1, -0.05) is 42.5 Å². The molecule has 0 atom stereocenters. The predicted molar refractivity (Wildman–Crippen MR) is 136 cm³/mol. The second-order valence-electron chi connectivity index (χ2n) is 8.49. The first-order chi connectivity index (χ1) is 16.7. The molecule has 0 unspecified atom stereocenters. The first kappa shape index (κ1) is 20.6. The summed E-state index contributed by atoms with van der Waals surface area (Å²) in [4.78, 5) is 22.0. The number of anilines is 1. The monoisotopic (exact) mass is 465 g/mol. The van der Waals surface area contributed by atoms with Crippen LogP contribution in [0.4, 0.5) is 5.82 Å². The van der Waals surface area contributed by atoms with Crippen molar-refractivity contribution >= 4 is 28.7 Å². The van der Waals surface area contributed by atoms with Gasteiger partial charge in [0.05, 0.1) is 17.6 Å². The molecule has 0 aliphatic heterocycles. The molecule has 0 bridgehead atoms. The third-order valence-corrected chi connectivity index (χ3v) is 6.69. The number of hydrogen-bond acceptors (Lipinski definition) is 5. The Labute approximate surface area is 201 Å². The molecule has 1 amide bonds. The van der Waals surface area contributed by atoms with Gasteiger partial charge in [0, 0.05) is 35.5 Å². The van der Waals surface area contributed by atoms with E-state index in [1.807, 2.05) is 54.9 Å². The number of benzene rings is 2. The summed E-state index contributed by atoms with van der Waals surface area (Å²) in [7, 11) is 0. The van der Waals surface area contributed by atoms with E-state index in [1.165, 1.54) is 5.56 Å². The topological polar surface area (TPSA) is 71.3 Å². The van der Waals surface area contributed by atoms with Crippen LogP contribution in [0.25, 0.3) is 28.2 Å². The second-order valence-corrected chi connectivity index (χ2v) is 9.27. The van der Waals surface area contributed by atoms with Gasteiger partial charge < -0.3 is 10.6 Å². The lowest BCUT2D eigenvalue weighted by Crippen LogP contribution is -2.25. The van der Waals surface area contributed by atoms with Crippen LogP contribution in [0.3, 0.4) is 0 Å². The molecule has 1 aliphatic rings. The van der Waals surface area contributed by atoms with E-state index in [4.69, 9.17) is 9.97 Å². The number of fused-ring (bicyclic) bond motifs is 1. The molecule has 0 saturated heterocycles. The molecule has 1 fully saturated rings.